The highest BCUT2D eigenvalue weighted by Crippen LogP contribution is 1.97. The summed E-state index contributed by atoms with van der Waals surface area (Å²) in [6, 6.07) is 0. The van der Waals surface area contributed by atoms with Crippen LogP contribution in [0.4, 0.5) is 0 Å². The van der Waals surface area contributed by atoms with Crippen molar-refractivity contribution in [3.05, 3.63) is 0 Å². The first-order valence-corrected chi connectivity index (χ1v) is 9.85. The molecule has 4 nitrogen and oxygen atoms in total. The molecular formula is C14H29NO3S2. The Hall–Kier alpha value is 0.120. The van der Waals surface area contributed by atoms with E-state index in [1.807, 2.05) is 20.1 Å². The van der Waals surface area contributed by atoms with Crippen LogP contribution in [-0.2, 0) is 35.1 Å². The molecule has 0 radical (unpaired) electrons. The van der Waals surface area contributed by atoms with Crippen molar-refractivity contribution in [3.8, 4) is 0 Å². The molecule has 0 aromatic heterocycles. The van der Waals surface area contributed by atoms with Crippen molar-refractivity contribution in [1.29, 1.82) is 0 Å². The van der Waals surface area contributed by atoms with Crippen LogP contribution in [0.3, 0.4) is 0 Å². The number of carbonyl (C=O) groups is 1. The molecule has 0 aliphatic rings. The number of unbranched alkanes of at least 4 members (excludes halogenated alkanes) is 2. The monoisotopic (exact) mass is 323 g/mol. The summed E-state index contributed by atoms with van der Waals surface area (Å²) in [6.07, 6.45) is 6.26. The molecule has 0 saturated heterocycles. The van der Waals surface area contributed by atoms with Gasteiger partial charge in [0.15, 0.2) is 5.78 Å². The van der Waals surface area contributed by atoms with Gasteiger partial charge in [-0.05, 0) is 43.1 Å². The molecule has 1 unspecified atom stereocenters. The van der Waals surface area contributed by atoms with E-state index < -0.39 is 0 Å². The van der Waals surface area contributed by atoms with Gasteiger partial charge in [-0.15, -0.1) is 0 Å². The summed E-state index contributed by atoms with van der Waals surface area (Å²) in [5.41, 5.74) is 0. The van der Waals surface area contributed by atoms with Crippen LogP contribution >= 0.6 is 0 Å². The third-order valence-corrected chi connectivity index (χ3v) is 3.70. The lowest BCUT2D eigenvalue weighted by Gasteiger charge is -2.07. The van der Waals surface area contributed by atoms with Crippen LogP contribution in [-0.4, -0.2) is 45.0 Å². The maximum Gasteiger partial charge on any atom is 0.160 e. The zero-order valence-corrected chi connectivity index (χ0v) is 14.6. The van der Waals surface area contributed by atoms with Crippen molar-refractivity contribution < 1.29 is 14.3 Å². The summed E-state index contributed by atoms with van der Waals surface area (Å²) >= 11 is 5.04. The minimum Gasteiger partial charge on any atom is -0.381 e. The molecule has 120 valence electrons. The number of ether oxygens (including phenoxy) is 2. The SMILES string of the molecule is CC(C)C(=O)COCCCOCCCCCNS(C)=S. The van der Waals surface area contributed by atoms with Crippen LogP contribution < -0.4 is 4.72 Å². The Morgan fingerprint density at radius 1 is 1.10 bits per heavy atom. The summed E-state index contributed by atoms with van der Waals surface area (Å²) in [7, 11) is -0.0716. The minimum absolute atomic E-state index is 0.0601. The summed E-state index contributed by atoms with van der Waals surface area (Å²) in [5, 5.41) is 0. The summed E-state index contributed by atoms with van der Waals surface area (Å²) in [6.45, 7) is 7.11. The fraction of sp³-hybridized carbons (Fsp3) is 0.929. The van der Waals surface area contributed by atoms with Crippen molar-refractivity contribution >= 4 is 26.6 Å². The smallest absolute Gasteiger partial charge is 0.160 e. The van der Waals surface area contributed by atoms with Crippen LogP contribution in [0.2, 0.25) is 0 Å². The molecule has 0 aliphatic carbocycles. The minimum atomic E-state index is -0.0716. The predicted octanol–water partition coefficient (Wildman–Crippen LogP) is 2.02. The largest absolute Gasteiger partial charge is 0.381 e. The number of Topliss-reactive ketones (excluding diaryl/α,β-unsaturated/α-hetero) is 1. The molecule has 0 aliphatic heterocycles. The number of hydrogen-bond acceptors (Lipinski definition) is 4. The highest BCUT2D eigenvalue weighted by Gasteiger charge is 2.06. The molecule has 0 amide bonds. The Kier molecular flexibility index (Phi) is 14.2. The molecule has 0 bridgehead atoms. The van der Waals surface area contributed by atoms with Crippen molar-refractivity contribution in [1.82, 2.24) is 4.72 Å². The molecule has 0 spiro atoms. The Morgan fingerprint density at radius 2 is 1.75 bits per heavy atom. The lowest BCUT2D eigenvalue weighted by Crippen LogP contribution is -2.16. The van der Waals surface area contributed by atoms with Gasteiger partial charge >= 0.3 is 0 Å². The van der Waals surface area contributed by atoms with Crippen molar-refractivity contribution in [3.63, 3.8) is 0 Å². The fourth-order valence-electron chi connectivity index (χ4n) is 1.43. The van der Waals surface area contributed by atoms with Gasteiger partial charge in [0.2, 0.25) is 0 Å². The van der Waals surface area contributed by atoms with E-state index in [-0.39, 0.29) is 27.9 Å². The van der Waals surface area contributed by atoms with Gasteiger partial charge in [-0.1, -0.05) is 23.5 Å². The Morgan fingerprint density at radius 3 is 2.40 bits per heavy atom. The third kappa shape index (κ3) is 14.5. The molecule has 0 aromatic rings. The van der Waals surface area contributed by atoms with Crippen LogP contribution in [0.1, 0.15) is 39.5 Å². The van der Waals surface area contributed by atoms with Crippen LogP contribution in [0, 0.1) is 5.92 Å². The van der Waals surface area contributed by atoms with E-state index in [0.717, 1.165) is 32.4 Å². The molecule has 0 fully saturated rings. The van der Waals surface area contributed by atoms with Gasteiger partial charge in [-0.25, -0.2) is 0 Å². The summed E-state index contributed by atoms with van der Waals surface area (Å²) < 4.78 is 14.0. The fourth-order valence-corrected chi connectivity index (χ4v) is 2.11. The Bertz CT molecular complexity index is 273. The molecule has 20 heavy (non-hydrogen) atoms. The highest BCUT2D eigenvalue weighted by atomic mass is 32.8. The molecule has 6 heteroatoms. The summed E-state index contributed by atoms with van der Waals surface area (Å²) in [4.78, 5) is 11.3. The van der Waals surface area contributed by atoms with Crippen molar-refractivity contribution in [2.24, 2.45) is 5.92 Å². The van der Waals surface area contributed by atoms with E-state index in [1.165, 1.54) is 6.42 Å². The topological polar surface area (TPSA) is 47.6 Å². The zero-order chi connectivity index (χ0) is 15.2. The highest BCUT2D eigenvalue weighted by molar-refractivity contribution is 8.27. The normalized spacial score (nSPS) is 12.8. The molecule has 1 N–H and O–H groups in total. The Labute approximate surface area is 130 Å². The zero-order valence-electron chi connectivity index (χ0n) is 13.0. The molecule has 0 aromatic carbocycles. The second-order valence-corrected chi connectivity index (χ2v) is 7.75. The number of ketones is 1. The number of hydrogen-bond donors (Lipinski definition) is 1. The summed E-state index contributed by atoms with van der Waals surface area (Å²) in [5.74, 6) is 0.221. The second-order valence-electron chi connectivity index (χ2n) is 5.05. The second kappa shape index (κ2) is 14.1. The first-order chi connectivity index (χ1) is 9.54. The molecule has 0 saturated carbocycles. The maximum atomic E-state index is 11.3. The third-order valence-electron chi connectivity index (χ3n) is 2.74. The standard InChI is InChI=1S/C14H29NO3S2/c1-13(2)14(16)12-18-11-7-10-17-9-6-4-5-8-15-20(3)19/h13,15H,4-12H2,1-3H3. The predicted molar refractivity (Wildman–Crippen MR) is 88.6 cm³/mol. The first kappa shape index (κ1) is 20.1. The van der Waals surface area contributed by atoms with Crippen molar-refractivity contribution in [2.75, 3.05) is 39.2 Å². The lowest BCUT2D eigenvalue weighted by atomic mass is 10.1. The van der Waals surface area contributed by atoms with Gasteiger partial charge in [-0.2, -0.15) is 0 Å². The van der Waals surface area contributed by atoms with Gasteiger partial charge in [0.25, 0.3) is 0 Å². The van der Waals surface area contributed by atoms with E-state index >= 15 is 0 Å². The number of rotatable bonds is 14. The molecular weight excluding hydrogens is 294 g/mol. The van der Waals surface area contributed by atoms with Gasteiger partial charge in [-0.3, -0.25) is 9.52 Å². The van der Waals surface area contributed by atoms with Crippen LogP contribution in [0.5, 0.6) is 0 Å². The van der Waals surface area contributed by atoms with E-state index in [0.29, 0.717) is 13.2 Å². The average molecular weight is 324 g/mol. The van der Waals surface area contributed by atoms with Gasteiger partial charge in [0.05, 0.1) is 0 Å². The quantitative estimate of drug-likeness (QED) is 0.496. The number of nitrogens with one attached hydrogen (secondary N) is 1. The van der Waals surface area contributed by atoms with Crippen LogP contribution in [0.15, 0.2) is 0 Å². The first-order valence-electron chi connectivity index (χ1n) is 7.29. The van der Waals surface area contributed by atoms with E-state index in [4.69, 9.17) is 20.7 Å². The van der Waals surface area contributed by atoms with E-state index in [2.05, 4.69) is 4.72 Å². The van der Waals surface area contributed by atoms with Crippen LogP contribution in [0.25, 0.3) is 0 Å². The maximum absolute atomic E-state index is 11.3. The van der Waals surface area contributed by atoms with E-state index in [1.54, 1.807) is 0 Å². The van der Waals surface area contributed by atoms with Crippen molar-refractivity contribution in [2.45, 2.75) is 39.5 Å². The molecule has 1 atom stereocenters. The lowest BCUT2D eigenvalue weighted by molar-refractivity contribution is -0.126. The molecule has 0 heterocycles. The number of carbonyl (C=O) groups excluding carboxylic acids is 1. The molecule has 0 rings (SSSR count). The van der Waals surface area contributed by atoms with E-state index in [9.17, 15) is 4.79 Å². The Balaban J connectivity index is 3.10. The van der Waals surface area contributed by atoms with Gasteiger partial charge in [0, 0.05) is 32.3 Å². The van der Waals surface area contributed by atoms with Gasteiger partial charge in [0.1, 0.15) is 6.61 Å². The average Bonchev–Trinajstić information content (AvgIpc) is 2.39. The van der Waals surface area contributed by atoms with Gasteiger partial charge < -0.3 is 9.47 Å².